The van der Waals surface area contributed by atoms with Gasteiger partial charge in [0.25, 0.3) is 5.56 Å². The van der Waals surface area contributed by atoms with Gasteiger partial charge in [-0.25, -0.2) is 4.98 Å². The number of H-pyrrole nitrogens is 1. The summed E-state index contributed by atoms with van der Waals surface area (Å²) >= 11 is 0. The smallest absolute Gasteiger partial charge is 0.323 e. The number of nitrogens with one attached hydrogen (secondary N) is 1. The van der Waals surface area contributed by atoms with Crippen LogP contribution in [0.4, 0.5) is 5.95 Å². The summed E-state index contributed by atoms with van der Waals surface area (Å²) in [6.07, 6.45) is 24.4. The Labute approximate surface area is 276 Å². The van der Waals surface area contributed by atoms with Gasteiger partial charge in [-0.2, -0.15) is 4.98 Å². The molecule has 0 bridgehead atoms. The second kappa shape index (κ2) is 23.4. The number of anilines is 1. The quantitative estimate of drug-likeness (QED) is 0.0696. The Morgan fingerprint density at radius 2 is 1.41 bits per heavy atom. The minimum Gasteiger partial charge on any atom is -0.466 e. The molecule has 5 N–H and O–H groups in total. The molecule has 46 heavy (non-hydrogen) atoms. The number of rotatable bonds is 27. The molecule has 11 nitrogen and oxygen atoms in total. The molecule has 0 saturated carbocycles. The molecule has 2 aromatic rings. The second-order valence-corrected chi connectivity index (χ2v) is 13.2. The number of aromatic nitrogens is 4. The zero-order chi connectivity index (χ0) is 33.6. The van der Waals surface area contributed by atoms with Gasteiger partial charge in [-0.05, 0) is 18.8 Å². The fraction of sp³-hybridized carbons (Fsp3) is 0.800. The number of carbonyl (C=O) groups excluding carboxylic acids is 2. The fourth-order valence-corrected chi connectivity index (χ4v) is 5.58. The van der Waals surface area contributed by atoms with Crippen LogP contribution in [0.1, 0.15) is 143 Å². The summed E-state index contributed by atoms with van der Waals surface area (Å²) in [6, 6.07) is -0.725. The van der Waals surface area contributed by atoms with Crippen LogP contribution in [0, 0.1) is 11.8 Å². The zero-order valence-electron chi connectivity index (χ0n) is 28.9. The molecule has 0 amide bonds. The topological polar surface area (TPSA) is 168 Å². The predicted molar refractivity (Wildman–Crippen MR) is 184 cm³/mol. The molecule has 2 rings (SSSR count). The number of nitrogen functional groups attached to an aromatic ring is 1. The van der Waals surface area contributed by atoms with Gasteiger partial charge in [0.15, 0.2) is 11.2 Å². The molecule has 0 aliphatic carbocycles. The van der Waals surface area contributed by atoms with Crippen LogP contribution in [0.5, 0.6) is 0 Å². The first-order valence-electron chi connectivity index (χ1n) is 18.0. The Morgan fingerprint density at radius 3 is 1.96 bits per heavy atom. The van der Waals surface area contributed by atoms with Crippen LogP contribution in [-0.2, 0) is 25.6 Å². The van der Waals surface area contributed by atoms with E-state index in [1.165, 1.54) is 96.2 Å². The van der Waals surface area contributed by atoms with Crippen LogP contribution in [0.2, 0.25) is 0 Å². The predicted octanol–water partition coefficient (Wildman–Crippen LogP) is 6.82. The zero-order valence-corrected chi connectivity index (χ0v) is 28.9. The van der Waals surface area contributed by atoms with E-state index in [0.717, 1.165) is 19.3 Å². The van der Waals surface area contributed by atoms with Gasteiger partial charge in [0.05, 0.1) is 19.5 Å². The van der Waals surface area contributed by atoms with Crippen molar-refractivity contribution in [1.29, 1.82) is 0 Å². The van der Waals surface area contributed by atoms with Crippen molar-refractivity contribution >= 4 is 29.1 Å². The van der Waals surface area contributed by atoms with Gasteiger partial charge in [-0.3, -0.25) is 19.4 Å². The van der Waals surface area contributed by atoms with Crippen molar-refractivity contribution in [3.8, 4) is 0 Å². The van der Waals surface area contributed by atoms with Gasteiger partial charge in [0.2, 0.25) is 5.95 Å². The molecule has 0 saturated heterocycles. The van der Waals surface area contributed by atoms with E-state index in [4.69, 9.17) is 20.9 Å². The van der Waals surface area contributed by atoms with Crippen LogP contribution < -0.4 is 17.0 Å². The monoisotopic (exact) mass is 646 g/mol. The van der Waals surface area contributed by atoms with Crippen LogP contribution in [0.3, 0.4) is 0 Å². The van der Waals surface area contributed by atoms with Gasteiger partial charge in [-0.15, -0.1) is 0 Å². The first-order valence-corrected chi connectivity index (χ1v) is 18.0. The number of fused-ring (bicyclic) bond motifs is 1. The summed E-state index contributed by atoms with van der Waals surface area (Å²) in [5, 5.41) is 0. The van der Waals surface area contributed by atoms with E-state index in [-0.39, 0.29) is 42.5 Å². The van der Waals surface area contributed by atoms with E-state index >= 15 is 0 Å². The van der Waals surface area contributed by atoms with Crippen molar-refractivity contribution in [2.45, 2.75) is 155 Å². The number of nitrogens with zero attached hydrogens (tertiary/aromatic N) is 3. The largest absolute Gasteiger partial charge is 0.466 e. The normalized spacial score (nSPS) is 12.9. The van der Waals surface area contributed by atoms with Crippen molar-refractivity contribution in [2.75, 3.05) is 18.9 Å². The van der Waals surface area contributed by atoms with Gasteiger partial charge in [0.1, 0.15) is 6.04 Å². The highest BCUT2D eigenvalue weighted by atomic mass is 16.5. The van der Waals surface area contributed by atoms with Gasteiger partial charge >= 0.3 is 11.9 Å². The molecule has 1 unspecified atom stereocenters. The van der Waals surface area contributed by atoms with Crippen molar-refractivity contribution < 1.29 is 19.1 Å². The summed E-state index contributed by atoms with van der Waals surface area (Å²) < 4.78 is 12.7. The Morgan fingerprint density at radius 1 is 0.870 bits per heavy atom. The third kappa shape index (κ3) is 16.1. The van der Waals surface area contributed by atoms with Gasteiger partial charge in [-0.1, -0.05) is 124 Å². The van der Waals surface area contributed by atoms with Gasteiger partial charge < -0.3 is 25.5 Å². The highest BCUT2D eigenvalue weighted by Crippen LogP contribution is 2.16. The average molecular weight is 647 g/mol. The Bertz CT molecular complexity index is 1180. The molecule has 0 fully saturated rings. The van der Waals surface area contributed by atoms with Crippen molar-refractivity contribution in [2.24, 2.45) is 17.6 Å². The Hall–Kier alpha value is -2.95. The Kier molecular flexibility index (Phi) is 19.9. The van der Waals surface area contributed by atoms with Crippen LogP contribution >= 0.6 is 0 Å². The number of carbonyl (C=O) groups is 2. The molecule has 0 aromatic carbocycles. The summed E-state index contributed by atoms with van der Waals surface area (Å²) in [6.45, 7) is 6.59. The highest BCUT2D eigenvalue weighted by Gasteiger charge is 2.22. The lowest BCUT2D eigenvalue weighted by Gasteiger charge is -2.20. The first kappa shape index (κ1) is 39.2. The third-order valence-corrected chi connectivity index (χ3v) is 8.67. The Balaban J connectivity index is 1.61. The highest BCUT2D eigenvalue weighted by molar-refractivity contribution is 5.75. The number of nitrogens with two attached hydrogens (primary N) is 2. The molecule has 0 aliphatic rings. The number of imidazole rings is 1. The minimum absolute atomic E-state index is 0.0107. The SMILES string of the molecule is CCCCCCCCCCCCCCCCCCCC(=O)OCCC(COC(=O)[C@@H](N)C(C)C)Cn1cnc2c(=O)[nH]c(N)nc21. The average Bonchev–Trinajstić information content (AvgIpc) is 3.43. The lowest BCUT2D eigenvalue weighted by molar-refractivity contribution is -0.149. The standard InChI is InChI=1S/C35H62N6O5/c1-4-5-6-7-8-9-10-11-12-13-14-15-16-17-18-19-20-21-29(42)45-23-22-28(25-46-34(44)30(36)27(2)3)24-41-26-38-31-32(41)39-35(37)40-33(31)43/h26-28,30H,4-25,36H2,1-3H3,(H3,37,39,40,43)/t28?,30-/m0/s1. The molecule has 0 spiro atoms. The summed E-state index contributed by atoms with van der Waals surface area (Å²) in [5.41, 5.74) is 11.8. The van der Waals surface area contributed by atoms with E-state index in [1.807, 2.05) is 13.8 Å². The number of unbranched alkanes of at least 4 members (excludes halogenated alkanes) is 16. The summed E-state index contributed by atoms with van der Waals surface area (Å²) in [4.78, 5) is 47.7. The number of aromatic amines is 1. The lowest BCUT2D eigenvalue weighted by atomic mass is 10.0. The number of hydrogen-bond donors (Lipinski definition) is 3. The van der Waals surface area contributed by atoms with Crippen LogP contribution in [0.25, 0.3) is 11.2 Å². The maximum atomic E-state index is 12.4. The maximum absolute atomic E-state index is 12.4. The van der Waals surface area contributed by atoms with E-state index in [9.17, 15) is 14.4 Å². The van der Waals surface area contributed by atoms with Crippen molar-refractivity contribution in [1.82, 2.24) is 19.5 Å². The first-order chi connectivity index (χ1) is 22.2. The molecule has 2 aromatic heterocycles. The molecule has 0 aliphatic heterocycles. The summed E-state index contributed by atoms with van der Waals surface area (Å²) in [5.74, 6) is -0.991. The van der Waals surface area contributed by atoms with Crippen LogP contribution in [0.15, 0.2) is 11.1 Å². The number of ether oxygens (including phenoxy) is 2. The van der Waals surface area contributed by atoms with E-state index in [1.54, 1.807) is 4.57 Å². The molecule has 2 atom stereocenters. The van der Waals surface area contributed by atoms with Gasteiger partial charge in [0, 0.05) is 18.9 Å². The number of hydrogen-bond acceptors (Lipinski definition) is 9. The van der Waals surface area contributed by atoms with E-state index < -0.39 is 17.6 Å². The fourth-order valence-electron chi connectivity index (χ4n) is 5.58. The third-order valence-electron chi connectivity index (χ3n) is 8.67. The molecule has 262 valence electrons. The number of esters is 2. The molecule has 2 heterocycles. The molecule has 11 heteroatoms. The van der Waals surface area contributed by atoms with E-state index in [2.05, 4.69) is 21.9 Å². The molecular formula is C35H62N6O5. The van der Waals surface area contributed by atoms with Crippen molar-refractivity contribution in [3.05, 3.63) is 16.7 Å². The minimum atomic E-state index is -0.725. The molecule has 0 radical (unpaired) electrons. The second-order valence-electron chi connectivity index (χ2n) is 13.2. The van der Waals surface area contributed by atoms with Crippen molar-refractivity contribution in [3.63, 3.8) is 0 Å². The lowest BCUT2D eigenvalue weighted by Crippen LogP contribution is -2.38. The van der Waals surface area contributed by atoms with Crippen LogP contribution in [-0.4, -0.2) is 50.7 Å². The maximum Gasteiger partial charge on any atom is 0.323 e. The summed E-state index contributed by atoms with van der Waals surface area (Å²) in [7, 11) is 0. The molecular weight excluding hydrogens is 584 g/mol. The van der Waals surface area contributed by atoms with E-state index in [0.29, 0.717) is 25.0 Å².